The molecular weight excluding hydrogens is 546 g/mol. The van der Waals surface area contributed by atoms with Crippen LogP contribution in [0.2, 0.25) is 0 Å². The lowest BCUT2D eigenvalue weighted by Crippen LogP contribution is -2.36. The third-order valence-corrected chi connectivity index (χ3v) is 7.23. The number of phenols is 1. The Balaban J connectivity index is 1.73. The summed E-state index contributed by atoms with van der Waals surface area (Å²) in [5.41, 5.74) is 2.16. The Morgan fingerprint density at radius 2 is 1.89 bits per heavy atom. The summed E-state index contributed by atoms with van der Waals surface area (Å²) >= 11 is 4.65. The second-order valence-electron chi connectivity index (χ2n) is 7.94. The van der Waals surface area contributed by atoms with Gasteiger partial charge in [0, 0.05) is 10.5 Å². The van der Waals surface area contributed by atoms with Crippen LogP contribution in [0, 0.1) is 10.1 Å². The maximum absolute atomic E-state index is 13.6. The number of allylic oxidation sites excluding steroid dienone is 1. The summed E-state index contributed by atoms with van der Waals surface area (Å²) in [4.78, 5) is 29.6. The second-order valence-corrected chi connectivity index (χ2v) is 9.87. The van der Waals surface area contributed by atoms with Crippen molar-refractivity contribution in [2.75, 3.05) is 7.11 Å². The summed E-state index contributed by atoms with van der Waals surface area (Å²) in [7, 11) is 1.31. The molecule has 4 aromatic rings. The third kappa shape index (κ3) is 4.36. The van der Waals surface area contributed by atoms with Gasteiger partial charge in [-0.15, -0.1) is 0 Å². The molecule has 2 heterocycles. The lowest BCUT2D eigenvalue weighted by Gasteiger charge is -2.19. The van der Waals surface area contributed by atoms with Crippen LogP contribution >= 0.6 is 27.3 Å². The number of nitro benzene ring substituents is 1. The first-order chi connectivity index (χ1) is 17.4. The van der Waals surface area contributed by atoms with E-state index in [-0.39, 0.29) is 11.3 Å². The molecule has 0 aliphatic carbocycles. The number of halogens is 1. The second kappa shape index (κ2) is 9.56. The van der Waals surface area contributed by atoms with Gasteiger partial charge < -0.3 is 9.84 Å². The molecule has 0 fully saturated rings. The van der Waals surface area contributed by atoms with Crippen LogP contribution in [0.5, 0.6) is 11.5 Å². The van der Waals surface area contributed by atoms with E-state index >= 15 is 0 Å². The molecule has 8 nitrogen and oxygen atoms in total. The van der Waals surface area contributed by atoms with Crippen LogP contribution < -0.4 is 19.6 Å². The van der Waals surface area contributed by atoms with E-state index < -0.39 is 22.4 Å². The van der Waals surface area contributed by atoms with Crippen LogP contribution in [-0.2, 0) is 0 Å². The van der Waals surface area contributed by atoms with Crippen molar-refractivity contribution in [3.05, 3.63) is 124 Å². The van der Waals surface area contributed by atoms with Gasteiger partial charge in [-0.05, 0) is 47.0 Å². The monoisotopic (exact) mass is 563 g/mol. The quantitative estimate of drug-likeness (QED) is 0.286. The van der Waals surface area contributed by atoms with Gasteiger partial charge in [0.15, 0.2) is 10.6 Å². The minimum absolute atomic E-state index is 0.0534. The van der Waals surface area contributed by atoms with Gasteiger partial charge in [-0.3, -0.25) is 19.5 Å². The fourth-order valence-electron chi connectivity index (χ4n) is 3.99. The average Bonchev–Trinajstić information content (AvgIpc) is 3.20. The number of fused-ring (bicyclic) bond motifs is 1. The van der Waals surface area contributed by atoms with Gasteiger partial charge in [0.2, 0.25) is 5.75 Å². The van der Waals surface area contributed by atoms with E-state index in [0.29, 0.717) is 14.9 Å². The highest BCUT2D eigenvalue weighted by Gasteiger charge is 2.23. The number of thiazole rings is 1. The minimum atomic E-state index is -0.698. The molecule has 0 amide bonds. The highest BCUT2D eigenvalue weighted by atomic mass is 79.9. The zero-order valence-corrected chi connectivity index (χ0v) is 21.2. The smallest absolute Gasteiger partial charge is 0.315 e. The number of phenolic OH excluding ortho intramolecular Hbond substituents is 1. The number of aromatic hydroxyl groups is 1. The Morgan fingerprint density at radius 3 is 2.56 bits per heavy atom. The van der Waals surface area contributed by atoms with E-state index in [4.69, 9.17) is 9.73 Å². The van der Waals surface area contributed by atoms with Gasteiger partial charge in [0.25, 0.3) is 5.56 Å². The van der Waals surface area contributed by atoms with Crippen molar-refractivity contribution < 1.29 is 14.8 Å². The van der Waals surface area contributed by atoms with Crippen LogP contribution in [0.1, 0.15) is 22.7 Å². The van der Waals surface area contributed by atoms with Crippen LogP contribution in [0.25, 0.3) is 11.8 Å². The van der Waals surface area contributed by atoms with Gasteiger partial charge in [0.1, 0.15) is 0 Å². The van der Waals surface area contributed by atoms with Crippen molar-refractivity contribution >= 4 is 44.7 Å². The van der Waals surface area contributed by atoms with E-state index in [1.807, 2.05) is 60.7 Å². The molecule has 1 atom stereocenters. The molecule has 5 rings (SSSR count). The van der Waals surface area contributed by atoms with Crippen molar-refractivity contribution in [2.45, 2.75) is 6.04 Å². The minimum Gasteiger partial charge on any atom is -0.500 e. The SMILES string of the molecule is COc1cc(C=c2sc3n(c2=O)C(c2ccc(Br)cc2)C=C(c2ccccc2)N=3)cc([N+](=O)[O-])c1O. The van der Waals surface area contributed by atoms with E-state index in [9.17, 15) is 20.0 Å². The average molecular weight is 564 g/mol. The number of rotatable bonds is 5. The number of nitro groups is 1. The van der Waals surface area contributed by atoms with Gasteiger partial charge in [-0.1, -0.05) is 69.7 Å². The summed E-state index contributed by atoms with van der Waals surface area (Å²) in [6, 6.07) is 19.7. The van der Waals surface area contributed by atoms with Crippen LogP contribution in [0.4, 0.5) is 5.69 Å². The summed E-state index contributed by atoms with van der Waals surface area (Å²) < 4.78 is 7.98. The number of methoxy groups -OCH3 is 1. The molecule has 0 bridgehead atoms. The van der Waals surface area contributed by atoms with E-state index in [0.717, 1.165) is 21.3 Å². The van der Waals surface area contributed by atoms with Crippen molar-refractivity contribution in [2.24, 2.45) is 4.99 Å². The van der Waals surface area contributed by atoms with Crippen molar-refractivity contribution in [3.63, 3.8) is 0 Å². The van der Waals surface area contributed by atoms with E-state index in [1.165, 1.54) is 30.6 Å². The molecule has 0 spiro atoms. The topological polar surface area (TPSA) is 107 Å². The van der Waals surface area contributed by atoms with Gasteiger partial charge in [-0.25, -0.2) is 4.99 Å². The molecule has 1 aliphatic heterocycles. The molecule has 0 saturated carbocycles. The molecule has 1 aliphatic rings. The first-order valence-corrected chi connectivity index (χ1v) is 12.4. The molecule has 180 valence electrons. The highest BCUT2D eigenvalue weighted by Crippen LogP contribution is 2.37. The molecule has 36 heavy (non-hydrogen) atoms. The highest BCUT2D eigenvalue weighted by molar-refractivity contribution is 9.10. The summed E-state index contributed by atoms with van der Waals surface area (Å²) in [6.07, 6.45) is 3.50. The number of hydrogen-bond acceptors (Lipinski definition) is 7. The Kier molecular flexibility index (Phi) is 6.29. The molecule has 0 saturated heterocycles. The summed E-state index contributed by atoms with van der Waals surface area (Å²) in [5, 5.41) is 21.5. The Labute approximate surface area is 217 Å². The Morgan fingerprint density at radius 1 is 1.17 bits per heavy atom. The molecule has 1 N–H and O–H groups in total. The standard InChI is InChI=1S/C26H18BrN3O5S/c1-35-22-12-15(11-21(24(22)31)30(33)34)13-23-25(32)29-20(17-7-9-18(27)10-8-17)14-19(28-26(29)36-23)16-5-3-2-4-6-16/h2-14,20,31H,1H3. The van der Waals surface area contributed by atoms with Crippen molar-refractivity contribution in [1.82, 2.24) is 4.57 Å². The van der Waals surface area contributed by atoms with Crippen molar-refractivity contribution in [3.8, 4) is 11.5 Å². The molecule has 10 heteroatoms. The predicted octanol–water partition coefficient (Wildman–Crippen LogP) is 4.39. The lowest BCUT2D eigenvalue weighted by molar-refractivity contribution is -0.386. The predicted molar refractivity (Wildman–Crippen MR) is 141 cm³/mol. The number of aromatic nitrogens is 1. The van der Waals surface area contributed by atoms with Gasteiger partial charge >= 0.3 is 5.69 Å². The Bertz CT molecular complexity index is 1690. The largest absolute Gasteiger partial charge is 0.500 e. The molecule has 0 radical (unpaired) electrons. The third-order valence-electron chi connectivity index (χ3n) is 5.72. The van der Waals surface area contributed by atoms with E-state index in [2.05, 4.69) is 15.9 Å². The molecule has 1 unspecified atom stereocenters. The number of nitrogens with zero attached hydrogens (tertiary/aromatic N) is 3. The normalized spacial score (nSPS) is 15.1. The fourth-order valence-corrected chi connectivity index (χ4v) is 5.27. The van der Waals surface area contributed by atoms with Crippen LogP contribution in [0.15, 0.2) is 87.1 Å². The van der Waals surface area contributed by atoms with Crippen LogP contribution in [0.3, 0.4) is 0 Å². The number of hydrogen-bond donors (Lipinski definition) is 1. The summed E-state index contributed by atoms with van der Waals surface area (Å²) in [6.45, 7) is 0. The van der Waals surface area contributed by atoms with Gasteiger partial charge in [-0.2, -0.15) is 0 Å². The first-order valence-electron chi connectivity index (χ1n) is 10.8. The maximum Gasteiger partial charge on any atom is 0.315 e. The number of ether oxygens (including phenoxy) is 1. The van der Waals surface area contributed by atoms with Gasteiger partial charge in [0.05, 0.1) is 28.3 Å². The zero-order chi connectivity index (χ0) is 25.4. The fraction of sp³-hybridized carbons (Fsp3) is 0.0769. The zero-order valence-electron chi connectivity index (χ0n) is 18.8. The molecular formula is C26H18BrN3O5S. The van der Waals surface area contributed by atoms with E-state index in [1.54, 1.807) is 10.6 Å². The first kappa shape index (κ1) is 23.7. The summed E-state index contributed by atoms with van der Waals surface area (Å²) in [5.74, 6) is -0.619. The van der Waals surface area contributed by atoms with Crippen molar-refractivity contribution in [1.29, 1.82) is 0 Å². The Hall–Kier alpha value is -4.02. The molecule has 3 aromatic carbocycles. The lowest BCUT2D eigenvalue weighted by atomic mass is 10.0. The molecule has 1 aromatic heterocycles. The maximum atomic E-state index is 13.6. The van der Waals surface area contributed by atoms with Crippen LogP contribution in [-0.4, -0.2) is 21.7 Å². The number of benzene rings is 3.